The van der Waals surface area contributed by atoms with Crippen LogP contribution in [0.1, 0.15) is 0 Å². The van der Waals surface area contributed by atoms with Crippen molar-refractivity contribution >= 4 is 88.0 Å². The molecule has 0 N–H and O–H groups in total. The Morgan fingerprint density at radius 1 is 0.357 bits per heavy atom. The molecule has 0 spiro atoms. The number of hydrogen-bond acceptors (Lipinski definition) is 1. The zero-order valence-electron chi connectivity index (χ0n) is 30.1. The number of para-hydroxylation sites is 3. The molecule has 0 atom stereocenters. The van der Waals surface area contributed by atoms with Crippen LogP contribution in [0.15, 0.2) is 198 Å². The molecule has 4 heterocycles. The highest BCUT2D eigenvalue weighted by atomic mass is 32.2. The topological polar surface area (TPSA) is 14.8 Å². The molecular formula is C52H31N3S. The van der Waals surface area contributed by atoms with Gasteiger partial charge in [-0.15, -0.1) is 0 Å². The first-order chi connectivity index (χ1) is 27.8. The van der Waals surface area contributed by atoms with Crippen molar-refractivity contribution in [2.45, 2.75) is 9.79 Å². The lowest BCUT2D eigenvalue weighted by Crippen LogP contribution is -2.06. The first-order valence-electron chi connectivity index (χ1n) is 19.2. The average Bonchev–Trinajstić information content (AvgIpc) is 3.91. The number of rotatable bonds is 3. The molecule has 13 rings (SSSR count). The summed E-state index contributed by atoms with van der Waals surface area (Å²) in [6.07, 6.45) is 0. The lowest BCUT2D eigenvalue weighted by Gasteiger charge is -2.23. The molecule has 9 aromatic carbocycles. The van der Waals surface area contributed by atoms with Crippen LogP contribution in [0.4, 0.5) is 0 Å². The Labute approximate surface area is 326 Å². The maximum atomic E-state index is 2.53. The van der Waals surface area contributed by atoms with Crippen LogP contribution < -0.4 is 0 Å². The van der Waals surface area contributed by atoms with Crippen LogP contribution in [0.25, 0.3) is 104 Å². The fraction of sp³-hybridized carbons (Fsp3) is 0. The number of fused-ring (bicyclic) bond motifs is 14. The molecule has 12 aromatic rings. The van der Waals surface area contributed by atoms with Gasteiger partial charge in [-0.1, -0.05) is 145 Å². The molecule has 0 amide bonds. The second-order valence-corrected chi connectivity index (χ2v) is 15.9. The maximum absolute atomic E-state index is 2.53. The minimum atomic E-state index is 1.16. The molecule has 0 aliphatic carbocycles. The number of nitrogens with zero attached hydrogens (tertiary/aromatic N) is 3. The summed E-state index contributed by atoms with van der Waals surface area (Å²) in [5.41, 5.74) is 12.1. The lowest BCUT2D eigenvalue weighted by molar-refractivity contribution is 1.03. The van der Waals surface area contributed by atoms with Gasteiger partial charge in [0.05, 0.1) is 27.8 Å². The van der Waals surface area contributed by atoms with Crippen LogP contribution in [-0.2, 0) is 0 Å². The van der Waals surface area contributed by atoms with Gasteiger partial charge in [0.1, 0.15) is 5.65 Å². The normalized spacial score (nSPS) is 12.6. The van der Waals surface area contributed by atoms with Crippen molar-refractivity contribution in [2.24, 2.45) is 0 Å². The summed E-state index contributed by atoms with van der Waals surface area (Å²) in [6, 6.07) is 69.2. The Kier molecular flexibility index (Phi) is 6.10. The van der Waals surface area contributed by atoms with Crippen LogP contribution in [0.3, 0.4) is 0 Å². The third-order valence-electron chi connectivity index (χ3n) is 12.0. The molecule has 0 saturated carbocycles. The Balaban J connectivity index is 1.03. The number of benzene rings is 9. The molecule has 3 nitrogen and oxygen atoms in total. The van der Waals surface area contributed by atoms with Crippen LogP contribution >= 0.6 is 11.8 Å². The molecule has 260 valence electrons. The third-order valence-corrected chi connectivity index (χ3v) is 13.2. The van der Waals surface area contributed by atoms with E-state index in [1.165, 1.54) is 103 Å². The van der Waals surface area contributed by atoms with Crippen LogP contribution in [0.5, 0.6) is 0 Å². The van der Waals surface area contributed by atoms with Crippen LogP contribution in [0, 0.1) is 0 Å². The molecule has 1 aliphatic rings. The summed E-state index contributed by atoms with van der Waals surface area (Å²) in [7, 11) is 0. The second-order valence-electron chi connectivity index (χ2n) is 14.9. The Morgan fingerprint density at radius 2 is 0.964 bits per heavy atom. The smallest absolute Gasteiger partial charge is 0.131 e. The van der Waals surface area contributed by atoms with Gasteiger partial charge >= 0.3 is 0 Å². The van der Waals surface area contributed by atoms with Gasteiger partial charge in [-0.2, -0.15) is 0 Å². The highest BCUT2D eigenvalue weighted by Gasteiger charge is 2.29. The summed E-state index contributed by atoms with van der Waals surface area (Å²) in [4.78, 5) is 2.56. The molecule has 1 aliphatic heterocycles. The highest BCUT2D eigenvalue weighted by Crippen LogP contribution is 2.52. The van der Waals surface area contributed by atoms with Crippen molar-refractivity contribution in [2.75, 3.05) is 0 Å². The minimum Gasteiger partial charge on any atom is -0.309 e. The summed E-state index contributed by atoms with van der Waals surface area (Å²) in [5, 5.41) is 11.6. The van der Waals surface area contributed by atoms with Crippen LogP contribution in [0.2, 0.25) is 0 Å². The largest absolute Gasteiger partial charge is 0.309 e. The van der Waals surface area contributed by atoms with E-state index in [2.05, 4.69) is 202 Å². The van der Waals surface area contributed by atoms with Crippen molar-refractivity contribution in [1.82, 2.24) is 13.7 Å². The van der Waals surface area contributed by atoms with Gasteiger partial charge in [0.2, 0.25) is 0 Å². The SMILES string of the molecule is c1ccc(-n2c3ccccc3c3c4cccc5c4n(c32)-c2cccc(-c3ccc(-n4c6ccc7ccccc7c6c6c7ccccc7ccc64)cc3)c2S5)cc1. The van der Waals surface area contributed by atoms with E-state index >= 15 is 0 Å². The van der Waals surface area contributed by atoms with Gasteiger partial charge < -0.3 is 4.57 Å². The zero-order valence-corrected chi connectivity index (χ0v) is 31.0. The molecule has 3 aromatic heterocycles. The molecule has 0 bridgehead atoms. The van der Waals surface area contributed by atoms with E-state index < -0.39 is 0 Å². The summed E-state index contributed by atoms with van der Waals surface area (Å²) < 4.78 is 7.44. The quantitative estimate of drug-likeness (QED) is 0.177. The first kappa shape index (κ1) is 30.3. The van der Waals surface area contributed by atoms with Gasteiger partial charge in [-0.3, -0.25) is 9.13 Å². The van der Waals surface area contributed by atoms with Crippen molar-refractivity contribution in [3.05, 3.63) is 188 Å². The molecular weight excluding hydrogens is 699 g/mol. The van der Waals surface area contributed by atoms with Crippen molar-refractivity contribution in [3.8, 4) is 28.2 Å². The maximum Gasteiger partial charge on any atom is 0.131 e. The summed E-state index contributed by atoms with van der Waals surface area (Å²) in [6.45, 7) is 0. The fourth-order valence-corrected chi connectivity index (χ4v) is 10.9. The summed E-state index contributed by atoms with van der Waals surface area (Å²) in [5.74, 6) is 0. The molecule has 0 radical (unpaired) electrons. The summed E-state index contributed by atoms with van der Waals surface area (Å²) >= 11 is 1.89. The molecule has 4 heteroatoms. The van der Waals surface area contributed by atoms with Crippen molar-refractivity contribution in [3.63, 3.8) is 0 Å². The van der Waals surface area contributed by atoms with E-state index in [1.54, 1.807) is 0 Å². The van der Waals surface area contributed by atoms with Gasteiger partial charge in [0, 0.05) is 48.1 Å². The van der Waals surface area contributed by atoms with E-state index in [0.717, 1.165) is 11.4 Å². The number of aromatic nitrogens is 3. The van der Waals surface area contributed by atoms with E-state index in [4.69, 9.17) is 0 Å². The predicted molar refractivity (Wildman–Crippen MR) is 237 cm³/mol. The average molecular weight is 730 g/mol. The molecule has 0 saturated heterocycles. The Bertz CT molecular complexity index is 3510. The third kappa shape index (κ3) is 3.98. The first-order valence-corrected chi connectivity index (χ1v) is 20.0. The number of hydrogen-bond donors (Lipinski definition) is 0. The van der Waals surface area contributed by atoms with Gasteiger partial charge in [-0.05, 0) is 87.3 Å². The highest BCUT2D eigenvalue weighted by molar-refractivity contribution is 8.00. The Hall–Kier alpha value is -7.01. The monoisotopic (exact) mass is 729 g/mol. The molecule has 56 heavy (non-hydrogen) atoms. The van der Waals surface area contributed by atoms with Crippen molar-refractivity contribution < 1.29 is 0 Å². The zero-order chi connectivity index (χ0) is 36.5. The van der Waals surface area contributed by atoms with Gasteiger partial charge in [-0.25, -0.2) is 0 Å². The minimum absolute atomic E-state index is 1.16. The van der Waals surface area contributed by atoms with E-state index in [1.807, 2.05) is 11.8 Å². The van der Waals surface area contributed by atoms with Gasteiger partial charge in [0.15, 0.2) is 0 Å². The molecule has 0 fully saturated rings. The predicted octanol–water partition coefficient (Wildman–Crippen LogP) is 14.3. The van der Waals surface area contributed by atoms with Crippen molar-refractivity contribution in [1.29, 1.82) is 0 Å². The van der Waals surface area contributed by atoms with Gasteiger partial charge in [0.25, 0.3) is 0 Å². The second kappa shape index (κ2) is 11.3. The van der Waals surface area contributed by atoms with Crippen LogP contribution in [-0.4, -0.2) is 13.7 Å². The van der Waals surface area contributed by atoms with E-state index in [0.29, 0.717) is 0 Å². The van der Waals surface area contributed by atoms with E-state index in [-0.39, 0.29) is 0 Å². The standard InChI is InChI=1S/C52H31N3S/c1-2-14-35(15-3-1)54-42-21-9-8-18-40(42)47-41-20-11-23-46-50(41)55(52(47)54)45-22-10-19-39(51(45)56-46)34-24-28-36(29-25-34)53-43-30-26-32-12-4-6-16-37(32)48(43)49-38-17-7-5-13-33(38)27-31-44(49)53/h1-31H. The van der Waals surface area contributed by atoms with E-state index in [9.17, 15) is 0 Å². The lowest BCUT2D eigenvalue weighted by atomic mass is 10.00. The Morgan fingerprint density at radius 3 is 1.70 bits per heavy atom. The molecule has 0 unspecified atom stereocenters. The fourth-order valence-electron chi connectivity index (χ4n) is 9.68.